The van der Waals surface area contributed by atoms with Crippen LogP contribution < -0.4 is 10.2 Å². The molecule has 1 heterocycles. The monoisotopic (exact) mass is 246 g/mol. The van der Waals surface area contributed by atoms with Gasteiger partial charge in [-0.15, -0.1) is 12.2 Å². The van der Waals surface area contributed by atoms with Crippen molar-refractivity contribution in [3.05, 3.63) is 29.8 Å². The molecule has 0 saturated carbocycles. The fourth-order valence-corrected chi connectivity index (χ4v) is 4.30. The van der Waals surface area contributed by atoms with Crippen molar-refractivity contribution in [3.63, 3.8) is 0 Å². The van der Waals surface area contributed by atoms with Crippen molar-refractivity contribution in [3.8, 4) is 0 Å². The van der Waals surface area contributed by atoms with E-state index in [0.29, 0.717) is 4.99 Å². The highest BCUT2D eigenvalue weighted by atomic mass is 32.9. The number of thiol groups is 1. The van der Waals surface area contributed by atoms with Gasteiger partial charge in [-0.2, -0.15) is 0 Å². The van der Waals surface area contributed by atoms with Crippen molar-refractivity contribution >= 4 is 52.5 Å². The Morgan fingerprint density at radius 1 is 1.23 bits per heavy atom. The number of nitrogens with one attached hydrogen (secondary N) is 2. The van der Waals surface area contributed by atoms with E-state index in [1.807, 2.05) is 24.3 Å². The molecule has 1 unspecified atom stereocenters. The first kappa shape index (κ1) is 9.46. The van der Waals surface area contributed by atoms with Gasteiger partial charge in [0, 0.05) is 11.3 Å². The molecule has 0 bridgehead atoms. The molecular weight excluding hydrogens is 239 g/mol. The summed E-state index contributed by atoms with van der Waals surface area (Å²) in [6.45, 7) is 0. The summed E-state index contributed by atoms with van der Waals surface area (Å²) in [7, 11) is 0. The highest BCUT2D eigenvalue weighted by Gasteiger charge is 2.22. The summed E-state index contributed by atoms with van der Waals surface area (Å²) in [5.41, 5.74) is -0.0194. The molecular formula is C7H7N2PS3. The summed E-state index contributed by atoms with van der Waals surface area (Å²) in [4.78, 5) is 0.688. The zero-order valence-electron chi connectivity index (χ0n) is 6.52. The number of benzene rings is 1. The highest BCUT2D eigenvalue weighted by molar-refractivity contribution is 8.63. The minimum Gasteiger partial charge on any atom is -0.334 e. The van der Waals surface area contributed by atoms with E-state index in [2.05, 4.69) is 22.4 Å². The Morgan fingerprint density at radius 2 is 1.92 bits per heavy atom. The van der Waals surface area contributed by atoms with E-state index in [1.54, 1.807) is 0 Å². The molecule has 1 aromatic carbocycles. The summed E-state index contributed by atoms with van der Waals surface area (Å²) < 4.78 is 0. The number of para-hydroxylation sites is 1. The maximum Gasteiger partial charge on any atom is 0.172 e. The van der Waals surface area contributed by atoms with E-state index in [0.717, 1.165) is 11.3 Å². The SMILES string of the molecule is S=C1NP(=S)(S)Nc2ccccc21. The number of fused-ring (bicyclic) bond motifs is 1. The fourth-order valence-electron chi connectivity index (χ4n) is 1.17. The van der Waals surface area contributed by atoms with Gasteiger partial charge in [0.15, 0.2) is 5.54 Å². The molecule has 1 atom stereocenters. The third-order valence-corrected chi connectivity index (χ3v) is 4.39. The third kappa shape index (κ3) is 1.89. The molecule has 0 spiro atoms. The van der Waals surface area contributed by atoms with Crippen LogP contribution in [0.5, 0.6) is 0 Å². The molecule has 0 amide bonds. The summed E-state index contributed by atoms with van der Waals surface area (Å²) in [6, 6.07) is 7.81. The van der Waals surface area contributed by atoms with Gasteiger partial charge in [0.1, 0.15) is 4.99 Å². The number of thiocarbonyl (C=S) groups is 1. The van der Waals surface area contributed by atoms with Gasteiger partial charge in [0.25, 0.3) is 0 Å². The van der Waals surface area contributed by atoms with Gasteiger partial charge in [-0.3, -0.25) is 0 Å². The van der Waals surface area contributed by atoms with Gasteiger partial charge in [-0.1, -0.05) is 24.4 Å². The van der Waals surface area contributed by atoms with Gasteiger partial charge in [0.05, 0.1) is 0 Å². The first-order chi connectivity index (χ1) is 6.08. The smallest absolute Gasteiger partial charge is 0.172 e. The molecule has 1 aromatic rings. The Labute approximate surface area is 92.4 Å². The second-order valence-corrected chi connectivity index (χ2v) is 8.94. The quantitative estimate of drug-likeness (QED) is 0.372. The van der Waals surface area contributed by atoms with Crippen molar-refractivity contribution in [2.45, 2.75) is 0 Å². The van der Waals surface area contributed by atoms with E-state index >= 15 is 0 Å². The molecule has 0 radical (unpaired) electrons. The molecule has 0 fully saturated rings. The lowest BCUT2D eigenvalue weighted by atomic mass is 10.2. The van der Waals surface area contributed by atoms with Crippen LogP contribution in [0.2, 0.25) is 0 Å². The van der Waals surface area contributed by atoms with Crippen LogP contribution >= 0.6 is 30.0 Å². The lowest BCUT2D eigenvalue weighted by Gasteiger charge is -2.28. The van der Waals surface area contributed by atoms with Crippen LogP contribution in [0.25, 0.3) is 0 Å². The molecule has 13 heavy (non-hydrogen) atoms. The second-order valence-electron chi connectivity index (χ2n) is 2.67. The normalized spacial score (nSPS) is 25.8. The van der Waals surface area contributed by atoms with Crippen LogP contribution in [0.3, 0.4) is 0 Å². The maximum atomic E-state index is 5.21. The van der Waals surface area contributed by atoms with Crippen molar-refractivity contribution in [1.29, 1.82) is 0 Å². The lowest BCUT2D eigenvalue weighted by Crippen LogP contribution is -2.26. The molecule has 1 aliphatic rings. The summed E-state index contributed by atoms with van der Waals surface area (Å²) in [5.74, 6) is 0. The first-order valence-electron chi connectivity index (χ1n) is 3.61. The predicted octanol–water partition coefficient (Wildman–Crippen LogP) is 2.53. The Kier molecular flexibility index (Phi) is 2.36. The molecule has 0 aromatic heterocycles. The Morgan fingerprint density at radius 3 is 2.69 bits per heavy atom. The molecule has 0 aliphatic carbocycles. The van der Waals surface area contributed by atoms with Crippen LogP contribution in [0.4, 0.5) is 5.69 Å². The largest absolute Gasteiger partial charge is 0.334 e. The summed E-state index contributed by atoms with van der Waals surface area (Å²) >= 11 is 14.7. The molecule has 6 heteroatoms. The number of hydrogen-bond acceptors (Lipinski definition) is 2. The first-order valence-corrected chi connectivity index (χ1v) is 7.97. The molecule has 2 rings (SSSR count). The Hall–Kier alpha value is -0.0900. The van der Waals surface area contributed by atoms with Crippen molar-refractivity contribution in [1.82, 2.24) is 5.09 Å². The van der Waals surface area contributed by atoms with Crippen LogP contribution in [-0.2, 0) is 11.8 Å². The minimum atomic E-state index is -1.99. The van der Waals surface area contributed by atoms with E-state index in [1.165, 1.54) is 0 Å². The van der Waals surface area contributed by atoms with Crippen molar-refractivity contribution < 1.29 is 0 Å². The van der Waals surface area contributed by atoms with E-state index in [4.69, 9.17) is 24.0 Å². The Balaban J connectivity index is 2.55. The number of hydrogen-bond donors (Lipinski definition) is 3. The predicted molar refractivity (Wildman–Crippen MR) is 68.2 cm³/mol. The summed E-state index contributed by atoms with van der Waals surface area (Å²) in [6.07, 6.45) is 0. The van der Waals surface area contributed by atoms with Gasteiger partial charge in [-0.05, 0) is 23.9 Å². The van der Waals surface area contributed by atoms with E-state index in [9.17, 15) is 0 Å². The highest BCUT2D eigenvalue weighted by Crippen LogP contribution is 2.50. The maximum absolute atomic E-state index is 5.21. The molecule has 2 nitrogen and oxygen atoms in total. The van der Waals surface area contributed by atoms with Crippen LogP contribution in [0.15, 0.2) is 24.3 Å². The van der Waals surface area contributed by atoms with Gasteiger partial charge < -0.3 is 10.2 Å². The van der Waals surface area contributed by atoms with Crippen LogP contribution in [-0.4, -0.2) is 4.99 Å². The van der Waals surface area contributed by atoms with Gasteiger partial charge >= 0.3 is 0 Å². The topological polar surface area (TPSA) is 24.1 Å². The van der Waals surface area contributed by atoms with Gasteiger partial charge in [-0.25, -0.2) is 0 Å². The third-order valence-electron chi connectivity index (χ3n) is 1.70. The molecule has 68 valence electrons. The van der Waals surface area contributed by atoms with Crippen molar-refractivity contribution in [2.75, 3.05) is 5.09 Å². The zero-order valence-corrected chi connectivity index (χ0v) is 9.94. The molecule has 1 aliphatic heterocycles. The minimum absolute atomic E-state index is 0.688. The van der Waals surface area contributed by atoms with Crippen LogP contribution in [0, 0.1) is 0 Å². The summed E-state index contributed by atoms with van der Waals surface area (Å²) in [5, 5.41) is 6.18. The lowest BCUT2D eigenvalue weighted by molar-refractivity contribution is 1.46. The molecule has 0 saturated heterocycles. The molecule has 2 N–H and O–H groups in total. The van der Waals surface area contributed by atoms with E-state index in [-0.39, 0.29) is 0 Å². The van der Waals surface area contributed by atoms with Crippen LogP contribution in [0.1, 0.15) is 5.56 Å². The van der Waals surface area contributed by atoms with E-state index < -0.39 is 5.54 Å². The standard InChI is InChI=1S/C7H7N2PS3/c11-7-5-3-1-2-4-6(5)8-10(12,13)9-7/h1-4H,(H3,8,9,11,12,13). The van der Waals surface area contributed by atoms with Gasteiger partial charge in [0.2, 0.25) is 0 Å². The van der Waals surface area contributed by atoms with Crippen molar-refractivity contribution in [2.24, 2.45) is 0 Å². The fraction of sp³-hybridized carbons (Fsp3) is 0. The second kappa shape index (κ2) is 3.24. The Bertz CT molecular complexity index is 418. The number of anilines is 1. The average Bonchev–Trinajstić information content (AvgIpc) is 2.02. The zero-order chi connectivity index (χ0) is 9.47. The number of rotatable bonds is 0. The average molecular weight is 246 g/mol.